The summed E-state index contributed by atoms with van der Waals surface area (Å²) in [4.78, 5) is 9.38. The second-order valence-corrected chi connectivity index (χ2v) is 4.35. The van der Waals surface area contributed by atoms with Crippen molar-refractivity contribution in [2.45, 2.75) is 25.4 Å². The third-order valence-electron chi connectivity index (χ3n) is 3.13. The van der Waals surface area contributed by atoms with Gasteiger partial charge in [-0.3, -0.25) is 0 Å². The normalized spacial score (nSPS) is 17.3. The average molecular weight is 239 g/mol. The van der Waals surface area contributed by atoms with Crippen LogP contribution in [0.2, 0.25) is 0 Å². The maximum atomic E-state index is 13.5. The first-order valence-corrected chi connectivity index (χ1v) is 5.95. The molecule has 0 aliphatic carbocycles. The number of rotatable bonds is 4. The first kappa shape index (κ1) is 12.5. The van der Waals surface area contributed by atoms with E-state index >= 15 is 0 Å². The lowest BCUT2D eigenvalue weighted by molar-refractivity contribution is -0.282. The predicted molar refractivity (Wildman–Crippen MR) is 63.0 cm³/mol. The van der Waals surface area contributed by atoms with Crippen LogP contribution >= 0.6 is 0 Å². The van der Waals surface area contributed by atoms with Gasteiger partial charge in [-0.15, -0.1) is 0 Å². The van der Waals surface area contributed by atoms with Crippen LogP contribution in [0.15, 0.2) is 18.2 Å². The van der Waals surface area contributed by atoms with E-state index in [-0.39, 0.29) is 12.4 Å². The van der Waals surface area contributed by atoms with Gasteiger partial charge in [0.05, 0.1) is 7.11 Å². The fourth-order valence-corrected chi connectivity index (χ4v) is 2.28. The monoisotopic (exact) mass is 239 g/mol. The zero-order chi connectivity index (χ0) is 12.1. The maximum Gasteiger partial charge on any atom is 0.123 e. The summed E-state index contributed by atoms with van der Waals surface area (Å²) in [6.07, 6.45) is 2.13. The standard InChI is InChI=1S/C13H18FNO2/c1-16-17-9-10-6-12(8-13(14)7-10)11-2-4-15-5-3-11/h6-8,11,15H,2-5,9H2,1H3. The number of hydrogen-bond acceptors (Lipinski definition) is 3. The van der Waals surface area contributed by atoms with E-state index in [0.717, 1.165) is 37.1 Å². The van der Waals surface area contributed by atoms with Gasteiger partial charge >= 0.3 is 0 Å². The molecule has 17 heavy (non-hydrogen) atoms. The molecule has 1 aromatic rings. The number of piperidine rings is 1. The van der Waals surface area contributed by atoms with Crippen molar-refractivity contribution in [2.75, 3.05) is 20.2 Å². The summed E-state index contributed by atoms with van der Waals surface area (Å²) in [6, 6.07) is 5.13. The quantitative estimate of drug-likeness (QED) is 0.646. The molecule has 0 saturated carbocycles. The van der Waals surface area contributed by atoms with E-state index in [1.807, 2.05) is 6.07 Å². The van der Waals surface area contributed by atoms with Crippen LogP contribution in [0, 0.1) is 5.82 Å². The molecule has 94 valence electrons. The SMILES string of the molecule is COOCc1cc(F)cc(C2CCNCC2)c1. The minimum absolute atomic E-state index is 0.198. The van der Waals surface area contributed by atoms with Crippen LogP contribution in [-0.4, -0.2) is 20.2 Å². The molecule has 0 amide bonds. The summed E-state index contributed by atoms with van der Waals surface area (Å²) in [6.45, 7) is 2.29. The predicted octanol–water partition coefficient (Wildman–Crippen LogP) is 2.37. The van der Waals surface area contributed by atoms with Crippen molar-refractivity contribution >= 4 is 0 Å². The van der Waals surface area contributed by atoms with Crippen LogP contribution in [-0.2, 0) is 16.4 Å². The van der Waals surface area contributed by atoms with E-state index < -0.39 is 0 Å². The highest BCUT2D eigenvalue weighted by Crippen LogP contribution is 2.26. The van der Waals surface area contributed by atoms with E-state index in [9.17, 15) is 4.39 Å². The van der Waals surface area contributed by atoms with Gasteiger partial charge in [0.15, 0.2) is 0 Å². The molecular formula is C13H18FNO2. The Labute approximate surface area is 101 Å². The van der Waals surface area contributed by atoms with Crippen molar-refractivity contribution in [2.24, 2.45) is 0 Å². The number of benzene rings is 1. The summed E-state index contributed by atoms with van der Waals surface area (Å²) in [5.41, 5.74) is 1.89. The smallest absolute Gasteiger partial charge is 0.123 e. The molecule has 0 spiro atoms. The Hall–Kier alpha value is -0.970. The first-order chi connectivity index (χ1) is 8.29. The molecule has 1 fully saturated rings. The van der Waals surface area contributed by atoms with Crippen molar-refractivity contribution in [3.63, 3.8) is 0 Å². The topological polar surface area (TPSA) is 30.5 Å². The minimum atomic E-state index is -0.198. The molecule has 0 aromatic heterocycles. The minimum Gasteiger partial charge on any atom is -0.317 e. The molecule has 1 N–H and O–H groups in total. The van der Waals surface area contributed by atoms with Crippen LogP contribution in [0.1, 0.15) is 29.9 Å². The molecule has 0 bridgehead atoms. The Balaban J connectivity index is 2.12. The Morgan fingerprint density at radius 1 is 1.29 bits per heavy atom. The summed E-state index contributed by atoms with van der Waals surface area (Å²) in [7, 11) is 1.45. The lowest BCUT2D eigenvalue weighted by Gasteiger charge is -2.23. The maximum absolute atomic E-state index is 13.5. The molecule has 2 rings (SSSR count). The molecule has 0 atom stereocenters. The van der Waals surface area contributed by atoms with Crippen LogP contribution < -0.4 is 5.32 Å². The fourth-order valence-electron chi connectivity index (χ4n) is 2.28. The Morgan fingerprint density at radius 3 is 2.76 bits per heavy atom. The average Bonchev–Trinajstić information content (AvgIpc) is 2.37. The Kier molecular flexibility index (Phi) is 4.48. The van der Waals surface area contributed by atoms with Crippen molar-refractivity contribution in [1.29, 1.82) is 0 Å². The molecule has 1 aliphatic rings. The number of hydrogen-bond donors (Lipinski definition) is 1. The van der Waals surface area contributed by atoms with Crippen LogP contribution in [0.3, 0.4) is 0 Å². The van der Waals surface area contributed by atoms with Gasteiger partial charge in [0.1, 0.15) is 12.4 Å². The van der Waals surface area contributed by atoms with Gasteiger partial charge in [-0.05, 0) is 55.1 Å². The molecule has 1 heterocycles. The van der Waals surface area contributed by atoms with E-state index in [0.29, 0.717) is 5.92 Å². The number of halogens is 1. The second kappa shape index (κ2) is 6.10. The third-order valence-corrected chi connectivity index (χ3v) is 3.13. The lowest BCUT2D eigenvalue weighted by atomic mass is 9.89. The van der Waals surface area contributed by atoms with Crippen LogP contribution in [0.5, 0.6) is 0 Å². The van der Waals surface area contributed by atoms with Gasteiger partial charge in [0, 0.05) is 0 Å². The Bertz CT molecular complexity index is 364. The van der Waals surface area contributed by atoms with E-state index in [1.165, 1.54) is 13.2 Å². The zero-order valence-electron chi connectivity index (χ0n) is 10.0. The molecule has 0 unspecified atom stereocenters. The summed E-state index contributed by atoms with van der Waals surface area (Å²) in [5, 5.41) is 3.31. The van der Waals surface area contributed by atoms with Crippen molar-refractivity contribution in [1.82, 2.24) is 5.32 Å². The van der Waals surface area contributed by atoms with Crippen molar-refractivity contribution < 1.29 is 14.2 Å². The highest BCUT2D eigenvalue weighted by Gasteiger charge is 2.16. The molecule has 0 radical (unpaired) electrons. The van der Waals surface area contributed by atoms with Gasteiger partial charge < -0.3 is 5.32 Å². The highest BCUT2D eigenvalue weighted by molar-refractivity contribution is 5.27. The van der Waals surface area contributed by atoms with Crippen LogP contribution in [0.4, 0.5) is 4.39 Å². The van der Waals surface area contributed by atoms with Crippen LogP contribution in [0.25, 0.3) is 0 Å². The molecular weight excluding hydrogens is 221 g/mol. The first-order valence-electron chi connectivity index (χ1n) is 5.95. The zero-order valence-corrected chi connectivity index (χ0v) is 10.0. The van der Waals surface area contributed by atoms with E-state index in [4.69, 9.17) is 4.89 Å². The lowest BCUT2D eigenvalue weighted by Crippen LogP contribution is -2.26. The van der Waals surface area contributed by atoms with Gasteiger partial charge in [-0.2, -0.15) is 0 Å². The van der Waals surface area contributed by atoms with E-state index in [1.54, 1.807) is 6.07 Å². The molecule has 4 heteroatoms. The Morgan fingerprint density at radius 2 is 2.06 bits per heavy atom. The van der Waals surface area contributed by atoms with Crippen molar-refractivity contribution in [3.05, 3.63) is 35.1 Å². The third kappa shape index (κ3) is 3.49. The van der Waals surface area contributed by atoms with Gasteiger partial charge in [-0.25, -0.2) is 14.2 Å². The largest absolute Gasteiger partial charge is 0.317 e. The molecule has 1 saturated heterocycles. The molecule has 3 nitrogen and oxygen atoms in total. The van der Waals surface area contributed by atoms with E-state index in [2.05, 4.69) is 10.2 Å². The number of nitrogens with one attached hydrogen (secondary N) is 1. The summed E-state index contributed by atoms with van der Waals surface area (Å²) in [5.74, 6) is 0.254. The summed E-state index contributed by atoms with van der Waals surface area (Å²) >= 11 is 0. The van der Waals surface area contributed by atoms with Crippen molar-refractivity contribution in [3.8, 4) is 0 Å². The highest BCUT2D eigenvalue weighted by atomic mass is 19.1. The molecule has 1 aliphatic heterocycles. The van der Waals surface area contributed by atoms with Gasteiger partial charge in [-0.1, -0.05) is 6.07 Å². The summed E-state index contributed by atoms with van der Waals surface area (Å²) < 4.78 is 13.5. The fraction of sp³-hybridized carbons (Fsp3) is 0.538. The second-order valence-electron chi connectivity index (χ2n) is 4.35. The molecule has 1 aromatic carbocycles. The van der Waals surface area contributed by atoms with Gasteiger partial charge in [0.25, 0.3) is 0 Å². The van der Waals surface area contributed by atoms with Gasteiger partial charge in [0.2, 0.25) is 0 Å².